The molecule has 0 aliphatic carbocycles. The number of hydrogen-bond donors (Lipinski definition) is 2. The maximum absolute atomic E-state index is 12.9. The Hall–Kier alpha value is -4.29. The van der Waals surface area contributed by atoms with E-state index in [1.807, 2.05) is 55.5 Å². The first-order valence-electron chi connectivity index (χ1n) is 14.3. The molecule has 0 unspecified atom stereocenters. The molecule has 0 spiro atoms. The van der Waals surface area contributed by atoms with Gasteiger partial charge in [0.25, 0.3) is 11.1 Å². The summed E-state index contributed by atoms with van der Waals surface area (Å²) < 4.78 is 5.36. The molecule has 5 rings (SSSR count). The van der Waals surface area contributed by atoms with E-state index in [-0.39, 0.29) is 11.2 Å². The van der Waals surface area contributed by atoms with Gasteiger partial charge in [0.05, 0.1) is 28.5 Å². The average Bonchev–Trinajstić information content (AvgIpc) is 3.33. The van der Waals surface area contributed by atoms with Gasteiger partial charge in [0.15, 0.2) is 0 Å². The fraction of sp³-hybridized carbons (Fsp3) is 0.355. The van der Waals surface area contributed by atoms with Crippen LogP contribution >= 0.6 is 11.8 Å². The SMILES string of the molecule is CCOC(=O)c1cc(CNCC2CCN(c3nccc(/C=C4\SC(=O)NC4=O)n3)CC2)cnc1-c1cccc(N(C)C)c1. The fourth-order valence-corrected chi connectivity index (χ4v) is 5.71. The molecule has 2 saturated heterocycles. The number of amides is 2. The van der Waals surface area contributed by atoms with Gasteiger partial charge < -0.3 is 19.9 Å². The third-order valence-electron chi connectivity index (χ3n) is 7.32. The highest BCUT2D eigenvalue weighted by atomic mass is 32.2. The lowest BCUT2D eigenvalue weighted by Crippen LogP contribution is -2.38. The number of aromatic nitrogens is 3. The highest BCUT2D eigenvalue weighted by molar-refractivity contribution is 8.18. The number of thioether (sulfide) groups is 1. The number of ether oxygens (including phenoxy) is 1. The lowest BCUT2D eigenvalue weighted by atomic mass is 9.97. The monoisotopic (exact) mass is 601 g/mol. The van der Waals surface area contributed by atoms with E-state index in [2.05, 4.69) is 30.5 Å². The molecule has 11 nitrogen and oxygen atoms in total. The van der Waals surface area contributed by atoms with Crippen LogP contribution in [0.4, 0.5) is 16.4 Å². The summed E-state index contributed by atoms with van der Waals surface area (Å²) in [5.41, 5.74) is 4.47. The zero-order valence-electron chi connectivity index (χ0n) is 24.5. The van der Waals surface area contributed by atoms with Gasteiger partial charge >= 0.3 is 5.97 Å². The quantitative estimate of drug-likeness (QED) is 0.257. The molecule has 0 bridgehead atoms. The van der Waals surface area contributed by atoms with Gasteiger partial charge in [-0.15, -0.1) is 0 Å². The average molecular weight is 602 g/mol. The minimum absolute atomic E-state index is 0.293. The van der Waals surface area contributed by atoms with E-state index < -0.39 is 5.91 Å². The van der Waals surface area contributed by atoms with Crippen LogP contribution in [0, 0.1) is 5.92 Å². The normalized spacial score (nSPS) is 16.4. The molecule has 2 aliphatic rings. The number of carbonyl (C=O) groups is 3. The van der Waals surface area contributed by atoms with Gasteiger partial charge in [0.1, 0.15) is 0 Å². The van der Waals surface area contributed by atoms with E-state index in [1.54, 1.807) is 25.3 Å². The molecule has 0 saturated carbocycles. The Kier molecular flexibility index (Phi) is 9.68. The van der Waals surface area contributed by atoms with Crippen molar-refractivity contribution in [1.82, 2.24) is 25.6 Å². The van der Waals surface area contributed by atoms with Crippen molar-refractivity contribution in [2.45, 2.75) is 26.3 Å². The van der Waals surface area contributed by atoms with Gasteiger partial charge in [0, 0.05) is 57.4 Å². The summed E-state index contributed by atoms with van der Waals surface area (Å²) in [5.74, 6) is 0.318. The Morgan fingerprint density at radius 2 is 2.00 bits per heavy atom. The van der Waals surface area contributed by atoms with Gasteiger partial charge in [-0.1, -0.05) is 12.1 Å². The lowest BCUT2D eigenvalue weighted by molar-refractivity contribution is -0.115. The van der Waals surface area contributed by atoms with Crippen molar-refractivity contribution in [1.29, 1.82) is 0 Å². The van der Waals surface area contributed by atoms with Crippen LogP contribution in [-0.4, -0.2) is 72.4 Å². The predicted molar refractivity (Wildman–Crippen MR) is 168 cm³/mol. The van der Waals surface area contributed by atoms with Crippen LogP contribution in [0.1, 0.15) is 41.4 Å². The zero-order chi connectivity index (χ0) is 30.3. The predicted octanol–water partition coefficient (Wildman–Crippen LogP) is 4.11. The van der Waals surface area contributed by atoms with Crippen LogP contribution in [0.2, 0.25) is 0 Å². The van der Waals surface area contributed by atoms with Crippen molar-refractivity contribution >= 4 is 46.6 Å². The number of anilines is 2. The highest BCUT2D eigenvalue weighted by Crippen LogP contribution is 2.28. The third kappa shape index (κ3) is 7.57. The minimum atomic E-state index is -0.401. The summed E-state index contributed by atoms with van der Waals surface area (Å²) in [4.78, 5) is 54.4. The molecule has 4 heterocycles. The second-order valence-electron chi connectivity index (χ2n) is 10.6. The van der Waals surface area contributed by atoms with Crippen LogP contribution in [0.15, 0.2) is 53.7 Å². The van der Waals surface area contributed by atoms with Gasteiger partial charge in [-0.2, -0.15) is 0 Å². The standard InChI is InChI=1S/C31H35N7O4S/c1-4-42-29(40)25-14-21(19-34-27(25)22-6-5-7-24(15-22)37(2)3)18-32-17-20-9-12-38(13-10-20)30-33-11-8-23(35-30)16-26-28(39)36-31(41)43-26/h5-8,11,14-16,19-20,32H,4,9-10,12-13,17-18H2,1-3H3,(H,36,39,41)/b26-16-. The summed E-state index contributed by atoms with van der Waals surface area (Å²) in [6.07, 6.45) is 7.05. The number of nitrogens with one attached hydrogen (secondary N) is 2. The summed E-state index contributed by atoms with van der Waals surface area (Å²) in [5, 5.41) is 5.42. The first-order valence-corrected chi connectivity index (χ1v) is 15.1. The second kappa shape index (κ2) is 13.8. The number of piperidine rings is 1. The third-order valence-corrected chi connectivity index (χ3v) is 8.13. The van der Waals surface area contributed by atoms with Crippen LogP contribution in [0.25, 0.3) is 17.3 Å². The smallest absolute Gasteiger partial charge is 0.340 e. The number of rotatable bonds is 10. The van der Waals surface area contributed by atoms with E-state index in [0.29, 0.717) is 46.9 Å². The number of hydrogen-bond acceptors (Lipinski definition) is 11. The van der Waals surface area contributed by atoms with Gasteiger partial charge in [-0.25, -0.2) is 14.8 Å². The van der Waals surface area contributed by atoms with Crippen molar-refractivity contribution in [3.63, 3.8) is 0 Å². The van der Waals surface area contributed by atoms with Gasteiger partial charge in [-0.3, -0.25) is 19.9 Å². The Bertz CT molecular complexity index is 1540. The van der Waals surface area contributed by atoms with Crippen molar-refractivity contribution in [2.24, 2.45) is 5.92 Å². The molecule has 2 N–H and O–H groups in total. The first kappa shape index (κ1) is 30.2. The van der Waals surface area contributed by atoms with E-state index in [4.69, 9.17) is 4.74 Å². The maximum atomic E-state index is 12.9. The van der Waals surface area contributed by atoms with Crippen molar-refractivity contribution in [3.05, 3.63) is 70.5 Å². The molecule has 224 valence electrons. The zero-order valence-corrected chi connectivity index (χ0v) is 25.3. The molecular formula is C31H35N7O4S. The largest absolute Gasteiger partial charge is 0.462 e. The topological polar surface area (TPSA) is 130 Å². The molecule has 2 aromatic heterocycles. The minimum Gasteiger partial charge on any atom is -0.462 e. The highest BCUT2D eigenvalue weighted by Gasteiger charge is 2.26. The second-order valence-corrected chi connectivity index (χ2v) is 11.6. The number of esters is 1. The van der Waals surface area contributed by atoms with E-state index in [9.17, 15) is 14.4 Å². The summed E-state index contributed by atoms with van der Waals surface area (Å²) in [7, 11) is 3.95. The molecule has 1 aromatic carbocycles. The van der Waals surface area contributed by atoms with Crippen LogP contribution in [0.3, 0.4) is 0 Å². The molecule has 12 heteroatoms. The molecule has 0 atom stereocenters. The van der Waals surface area contributed by atoms with Crippen LogP contribution < -0.4 is 20.4 Å². The van der Waals surface area contributed by atoms with Crippen molar-refractivity contribution < 1.29 is 19.1 Å². The number of pyridine rings is 1. The van der Waals surface area contributed by atoms with E-state index in [0.717, 1.165) is 61.1 Å². The number of benzene rings is 1. The van der Waals surface area contributed by atoms with Crippen molar-refractivity contribution in [2.75, 3.05) is 50.1 Å². The lowest BCUT2D eigenvalue weighted by Gasteiger charge is -2.32. The van der Waals surface area contributed by atoms with Gasteiger partial charge in [-0.05, 0) is 79.9 Å². The van der Waals surface area contributed by atoms with E-state index in [1.165, 1.54) is 0 Å². The van der Waals surface area contributed by atoms with Crippen LogP contribution in [-0.2, 0) is 16.1 Å². The Balaban J connectivity index is 1.17. The molecule has 2 amide bonds. The molecule has 0 radical (unpaired) electrons. The molecule has 2 aliphatic heterocycles. The Morgan fingerprint density at radius 3 is 2.72 bits per heavy atom. The van der Waals surface area contributed by atoms with Gasteiger partial charge in [0.2, 0.25) is 5.95 Å². The first-order chi connectivity index (χ1) is 20.8. The number of nitrogens with zero attached hydrogens (tertiary/aromatic N) is 5. The fourth-order valence-electron chi connectivity index (χ4n) is 5.04. The summed E-state index contributed by atoms with van der Waals surface area (Å²) in [6.45, 7) is 5.15. The number of imide groups is 1. The Morgan fingerprint density at radius 1 is 1.19 bits per heavy atom. The van der Waals surface area contributed by atoms with Crippen molar-refractivity contribution in [3.8, 4) is 11.3 Å². The van der Waals surface area contributed by atoms with Crippen LogP contribution in [0.5, 0.6) is 0 Å². The Labute approximate surface area is 255 Å². The van der Waals surface area contributed by atoms with E-state index >= 15 is 0 Å². The maximum Gasteiger partial charge on any atom is 0.340 e. The molecule has 2 fully saturated rings. The molecule has 43 heavy (non-hydrogen) atoms. The molecule has 3 aromatic rings. The number of carbonyl (C=O) groups excluding carboxylic acids is 3. The summed E-state index contributed by atoms with van der Waals surface area (Å²) >= 11 is 0.873. The molecular weight excluding hydrogens is 566 g/mol. The summed E-state index contributed by atoms with van der Waals surface area (Å²) in [6, 6.07) is 11.5.